The number of benzene rings is 1. The predicted octanol–water partition coefficient (Wildman–Crippen LogP) is 1.44. The Morgan fingerprint density at radius 1 is 1.05 bits per heavy atom. The minimum Gasteiger partial charge on any atom is -0.395 e. The Bertz CT molecular complexity index is 616. The number of nitrogens with zero attached hydrogens (tertiary/aromatic N) is 4. The molecule has 2 heterocycles. The first-order valence-corrected chi connectivity index (χ1v) is 7.60. The number of rotatable bonds is 3. The average molecular weight is 286 g/mol. The normalized spacial score (nSPS) is 17.1. The molecule has 1 fully saturated rings. The van der Waals surface area contributed by atoms with E-state index in [2.05, 4.69) is 38.2 Å². The minimum absolute atomic E-state index is 0.229. The summed E-state index contributed by atoms with van der Waals surface area (Å²) in [4.78, 5) is 4.63. The van der Waals surface area contributed by atoms with Crippen LogP contribution in [0.25, 0.3) is 10.8 Å². The van der Waals surface area contributed by atoms with Gasteiger partial charge in [-0.05, 0) is 19.9 Å². The molecule has 0 atom stereocenters. The Hall–Kier alpha value is -1.72. The van der Waals surface area contributed by atoms with Gasteiger partial charge in [-0.25, -0.2) is 0 Å². The molecule has 0 spiro atoms. The van der Waals surface area contributed by atoms with Crippen LogP contribution >= 0.6 is 0 Å². The number of β-amino-alcohol motifs (C(OH)–C–C–N with tert-alkyl or cyclic N) is 1. The van der Waals surface area contributed by atoms with Gasteiger partial charge in [0.1, 0.15) is 0 Å². The third-order valence-electron chi connectivity index (χ3n) is 4.16. The molecule has 2 aromatic rings. The summed E-state index contributed by atoms with van der Waals surface area (Å²) in [5.74, 6) is 0.988. The lowest BCUT2D eigenvalue weighted by Gasteiger charge is -2.23. The van der Waals surface area contributed by atoms with Crippen LogP contribution in [-0.4, -0.2) is 59.5 Å². The number of fused-ring (bicyclic) bond motifs is 1. The van der Waals surface area contributed by atoms with Crippen molar-refractivity contribution in [3.8, 4) is 0 Å². The summed E-state index contributed by atoms with van der Waals surface area (Å²) in [6.07, 6.45) is 1.09. The SMILES string of the molecule is Cc1nnc(N2CCCN(CCO)CC2)c2ccccc12. The number of aliphatic hydroxyl groups excluding tert-OH is 1. The van der Waals surface area contributed by atoms with Crippen LogP contribution in [-0.2, 0) is 0 Å². The van der Waals surface area contributed by atoms with E-state index >= 15 is 0 Å². The van der Waals surface area contributed by atoms with Crippen molar-refractivity contribution in [3.05, 3.63) is 30.0 Å². The fourth-order valence-electron chi connectivity index (χ4n) is 3.01. The van der Waals surface area contributed by atoms with Gasteiger partial charge >= 0.3 is 0 Å². The van der Waals surface area contributed by atoms with Gasteiger partial charge in [0, 0.05) is 37.0 Å². The zero-order valence-electron chi connectivity index (χ0n) is 12.5. The van der Waals surface area contributed by atoms with Crippen molar-refractivity contribution >= 4 is 16.6 Å². The van der Waals surface area contributed by atoms with Gasteiger partial charge < -0.3 is 10.0 Å². The summed E-state index contributed by atoms with van der Waals surface area (Å²) in [6.45, 7) is 6.91. The molecule has 0 bridgehead atoms. The average Bonchev–Trinajstić information content (AvgIpc) is 2.74. The fourth-order valence-corrected chi connectivity index (χ4v) is 3.01. The monoisotopic (exact) mass is 286 g/mol. The topological polar surface area (TPSA) is 52.5 Å². The second-order valence-electron chi connectivity index (χ2n) is 5.56. The molecule has 112 valence electrons. The molecule has 1 aliphatic rings. The first-order chi connectivity index (χ1) is 10.3. The lowest BCUT2D eigenvalue weighted by atomic mass is 10.1. The van der Waals surface area contributed by atoms with E-state index in [4.69, 9.17) is 5.11 Å². The number of hydrogen-bond donors (Lipinski definition) is 1. The summed E-state index contributed by atoms with van der Waals surface area (Å²) in [6, 6.07) is 8.34. The highest BCUT2D eigenvalue weighted by Crippen LogP contribution is 2.26. The molecule has 1 saturated heterocycles. The molecule has 0 unspecified atom stereocenters. The second kappa shape index (κ2) is 6.37. The maximum absolute atomic E-state index is 9.09. The molecule has 0 aliphatic carbocycles. The summed E-state index contributed by atoms with van der Waals surface area (Å²) in [5, 5.41) is 20.2. The first kappa shape index (κ1) is 14.2. The van der Waals surface area contributed by atoms with Crippen molar-refractivity contribution in [3.63, 3.8) is 0 Å². The maximum Gasteiger partial charge on any atom is 0.159 e. The van der Waals surface area contributed by atoms with E-state index < -0.39 is 0 Å². The molecule has 0 amide bonds. The molecule has 0 radical (unpaired) electrons. The van der Waals surface area contributed by atoms with Crippen LogP contribution < -0.4 is 4.90 Å². The van der Waals surface area contributed by atoms with Crippen molar-refractivity contribution in [1.82, 2.24) is 15.1 Å². The van der Waals surface area contributed by atoms with Crippen molar-refractivity contribution < 1.29 is 5.11 Å². The van der Waals surface area contributed by atoms with E-state index in [0.29, 0.717) is 0 Å². The Balaban J connectivity index is 1.88. The molecular formula is C16H22N4O. The Kier molecular flexibility index (Phi) is 4.31. The number of anilines is 1. The van der Waals surface area contributed by atoms with Crippen molar-refractivity contribution in [2.24, 2.45) is 0 Å². The van der Waals surface area contributed by atoms with E-state index in [1.54, 1.807) is 0 Å². The van der Waals surface area contributed by atoms with Gasteiger partial charge in [0.2, 0.25) is 0 Å². The predicted molar refractivity (Wildman–Crippen MR) is 84.6 cm³/mol. The Morgan fingerprint density at radius 3 is 2.67 bits per heavy atom. The minimum atomic E-state index is 0.229. The van der Waals surface area contributed by atoms with Gasteiger partial charge in [-0.3, -0.25) is 4.90 Å². The first-order valence-electron chi connectivity index (χ1n) is 7.60. The zero-order valence-corrected chi connectivity index (χ0v) is 12.5. The Morgan fingerprint density at radius 2 is 1.86 bits per heavy atom. The van der Waals surface area contributed by atoms with Gasteiger partial charge in [-0.2, -0.15) is 5.10 Å². The standard InChI is InChI=1S/C16H22N4O/c1-13-14-5-2-3-6-15(14)16(18-17-13)20-8-4-7-19(9-10-20)11-12-21/h2-3,5-6,21H,4,7-12H2,1H3. The molecule has 3 rings (SSSR count). The van der Waals surface area contributed by atoms with E-state index in [-0.39, 0.29) is 6.61 Å². The van der Waals surface area contributed by atoms with Crippen LogP contribution in [0.5, 0.6) is 0 Å². The van der Waals surface area contributed by atoms with Gasteiger partial charge in [0.05, 0.1) is 12.3 Å². The third-order valence-corrected chi connectivity index (χ3v) is 4.16. The molecule has 21 heavy (non-hydrogen) atoms. The van der Waals surface area contributed by atoms with Crippen LogP contribution in [0.15, 0.2) is 24.3 Å². The fraction of sp³-hybridized carbons (Fsp3) is 0.500. The van der Waals surface area contributed by atoms with Crippen molar-refractivity contribution in [2.45, 2.75) is 13.3 Å². The summed E-state index contributed by atoms with van der Waals surface area (Å²) in [5.41, 5.74) is 0.978. The molecule has 1 aliphatic heterocycles. The van der Waals surface area contributed by atoms with E-state index in [1.165, 1.54) is 10.8 Å². The summed E-state index contributed by atoms with van der Waals surface area (Å²) in [7, 11) is 0. The third kappa shape index (κ3) is 2.99. The lowest BCUT2D eigenvalue weighted by molar-refractivity contribution is 0.204. The van der Waals surface area contributed by atoms with Crippen LogP contribution in [0.2, 0.25) is 0 Å². The number of aliphatic hydroxyl groups is 1. The van der Waals surface area contributed by atoms with E-state index in [9.17, 15) is 0 Å². The molecule has 1 aromatic heterocycles. The van der Waals surface area contributed by atoms with Crippen LogP contribution in [0, 0.1) is 6.92 Å². The number of hydrogen-bond acceptors (Lipinski definition) is 5. The summed E-state index contributed by atoms with van der Waals surface area (Å²) < 4.78 is 0. The highest BCUT2D eigenvalue weighted by molar-refractivity contribution is 5.93. The van der Waals surface area contributed by atoms with Crippen LogP contribution in [0.1, 0.15) is 12.1 Å². The number of aromatic nitrogens is 2. The molecule has 1 N–H and O–H groups in total. The maximum atomic E-state index is 9.09. The van der Waals surface area contributed by atoms with Crippen molar-refractivity contribution in [2.75, 3.05) is 44.2 Å². The van der Waals surface area contributed by atoms with Gasteiger partial charge in [0.15, 0.2) is 5.82 Å². The largest absolute Gasteiger partial charge is 0.395 e. The van der Waals surface area contributed by atoms with Crippen molar-refractivity contribution in [1.29, 1.82) is 0 Å². The van der Waals surface area contributed by atoms with Gasteiger partial charge in [-0.1, -0.05) is 24.3 Å². The Labute approximate surface area is 125 Å². The van der Waals surface area contributed by atoms with Crippen LogP contribution in [0.4, 0.5) is 5.82 Å². The van der Waals surface area contributed by atoms with Gasteiger partial charge in [0.25, 0.3) is 0 Å². The molecule has 5 nitrogen and oxygen atoms in total. The van der Waals surface area contributed by atoms with E-state index in [0.717, 1.165) is 50.7 Å². The van der Waals surface area contributed by atoms with Crippen LogP contribution in [0.3, 0.4) is 0 Å². The lowest BCUT2D eigenvalue weighted by Crippen LogP contribution is -2.33. The smallest absolute Gasteiger partial charge is 0.159 e. The van der Waals surface area contributed by atoms with E-state index in [1.807, 2.05) is 13.0 Å². The zero-order chi connectivity index (χ0) is 14.7. The highest BCUT2D eigenvalue weighted by Gasteiger charge is 2.18. The quantitative estimate of drug-likeness (QED) is 0.925. The molecule has 5 heteroatoms. The highest BCUT2D eigenvalue weighted by atomic mass is 16.3. The molecule has 0 saturated carbocycles. The summed E-state index contributed by atoms with van der Waals surface area (Å²) >= 11 is 0. The number of aryl methyl sites for hydroxylation is 1. The van der Waals surface area contributed by atoms with Gasteiger partial charge in [-0.15, -0.1) is 5.10 Å². The second-order valence-corrected chi connectivity index (χ2v) is 5.56. The molecular weight excluding hydrogens is 264 g/mol. The molecule has 1 aromatic carbocycles.